The molecule has 2 aromatic carbocycles. The molecule has 0 aliphatic carbocycles. The van der Waals surface area contributed by atoms with E-state index in [1.54, 1.807) is 0 Å². The molecule has 0 bridgehead atoms. The summed E-state index contributed by atoms with van der Waals surface area (Å²) in [6, 6.07) is 11.3. The van der Waals surface area contributed by atoms with Crippen molar-refractivity contribution in [2.75, 3.05) is 12.4 Å². The van der Waals surface area contributed by atoms with Crippen LogP contribution in [0.15, 0.2) is 59.4 Å². The van der Waals surface area contributed by atoms with E-state index in [-0.39, 0.29) is 22.8 Å². The molecule has 9 nitrogen and oxygen atoms in total. The van der Waals surface area contributed by atoms with Crippen LogP contribution in [0, 0.1) is 15.9 Å². The van der Waals surface area contributed by atoms with Crippen LogP contribution in [0.25, 0.3) is 5.69 Å². The minimum absolute atomic E-state index is 0.0530. The van der Waals surface area contributed by atoms with Gasteiger partial charge < -0.3 is 10.1 Å². The van der Waals surface area contributed by atoms with Crippen LogP contribution in [-0.2, 0) is 0 Å². The number of aromatic nitrogens is 2. The van der Waals surface area contributed by atoms with E-state index in [2.05, 4.69) is 10.4 Å². The van der Waals surface area contributed by atoms with Crippen LogP contribution >= 0.6 is 0 Å². The fraction of sp³-hybridized carbons (Fsp3) is 0.0556. The number of benzene rings is 2. The summed E-state index contributed by atoms with van der Waals surface area (Å²) in [7, 11) is 1.28. The Morgan fingerprint density at radius 3 is 2.39 bits per heavy atom. The third kappa shape index (κ3) is 3.85. The van der Waals surface area contributed by atoms with Crippen LogP contribution in [0.5, 0.6) is 5.75 Å². The zero-order valence-electron chi connectivity index (χ0n) is 14.5. The minimum Gasteiger partial charge on any atom is -0.494 e. The standard InChI is InChI=1S/C18H13FN4O5/c1-28-15-10-16(24)22(13-6-2-11(19)3-7-13)21-17(15)18(25)20-12-4-8-14(9-5-12)23(26)27/h2-10H,1H3,(H,20,25). The lowest BCUT2D eigenvalue weighted by atomic mass is 10.2. The summed E-state index contributed by atoms with van der Waals surface area (Å²) in [5.74, 6) is -1.23. The number of rotatable bonds is 5. The van der Waals surface area contributed by atoms with E-state index in [1.807, 2.05) is 0 Å². The summed E-state index contributed by atoms with van der Waals surface area (Å²) in [6.07, 6.45) is 0. The largest absolute Gasteiger partial charge is 0.494 e. The Morgan fingerprint density at radius 1 is 1.18 bits per heavy atom. The highest BCUT2D eigenvalue weighted by Crippen LogP contribution is 2.19. The molecule has 0 fully saturated rings. The third-order valence-corrected chi connectivity index (χ3v) is 3.74. The number of nitrogens with zero attached hydrogens (tertiary/aromatic N) is 3. The number of nitro groups is 1. The molecule has 1 N–H and O–H groups in total. The lowest BCUT2D eigenvalue weighted by Gasteiger charge is -2.11. The molecule has 0 aliphatic rings. The molecule has 1 amide bonds. The summed E-state index contributed by atoms with van der Waals surface area (Å²) in [6.45, 7) is 0. The van der Waals surface area contributed by atoms with Gasteiger partial charge in [-0.3, -0.25) is 19.7 Å². The highest BCUT2D eigenvalue weighted by atomic mass is 19.1. The number of carbonyl (C=O) groups excluding carboxylic acids is 1. The quantitative estimate of drug-likeness (QED) is 0.534. The van der Waals surface area contributed by atoms with E-state index in [9.17, 15) is 24.1 Å². The molecule has 0 saturated heterocycles. The maximum Gasteiger partial charge on any atom is 0.280 e. The van der Waals surface area contributed by atoms with Crippen LogP contribution in [0.1, 0.15) is 10.5 Å². The Kier molecular flexibility index (Phi) is 5.12. The van der Waals surface area contributed by atoms with Gasteiger partial charge in [0.05, 0.1) is 23.8 Å². The number of ether oxygens (including phenoxy) is 1. The second-order valence-electron chi connectivity index (χ2n) is 5.55. The van der Waals surface area contributed by atoms with Gasteiger partial charge in [0.15, 0.2) is 11.4 Å². The average Bonchev–Trinajstić information content (AvgIpc) is 2.68. The van der Waals surface area contributed by atoms with Gasteiger partial charge in [-0.1, -0.05) is 0 Å². The normalized spacial score (nSPS) is 10.4. The molecule has 142 valence electrons. The van der Waals surface area contributed by atoms with Crippen molar-refractivity contribution in [3.63, 3.8) is 0 Å². The number of non-ortho nitro benzene ring substituents is 1. The van der Waals surface area contributed by atoms with Gasteiger partial charge in [-0.05, 0) is 36.4 Å². The number of halogens is 1. The first-order valence-electron chi connectivity index (χ1n) is 7.89. The lowest BCUT2D eigenvalue weighted by Crippen LogP contribution is -2.26. The number of nitrogens with one attached hydrogen (secondary N) is 1. The number of hydrogen-bond acceptors (Lipinski definition) is 6. The van der Waals surface area contributed by atoms with Crippen molar-refractivity contribution in [1.29, 1.82) is 0 Å². The van der Waals surface area contributed by atoms with Crippen molar-refractivity contribution in [2.45, 2.75) is 0 Å². The lowest BCUT2D eigenvalue weighted by molar-refractivity contribution is -0.384. The molecule has 0 unspecified atom stereocenters. The maximum atomic E-state index is 13.1. The molecule has 28 heavy (non-hydrogen) atoms. The van der Waals surface area contributed by atoms with Crippen LogP contribution in [-0.4, -0.2) is 27.7 Å². The van der Waals surface area contributed by atoms with Crippen molar-refractivity contribution in [2.24, 2.45) is 0 Å². The number of carbonyl (C=O) groups is 1. The number of nitro benzene ring substituents is 1. The van der Waals surface area contributed by atoms with Crippen molar-refractivity contribution in [1.82, 2.24) is 9.78 Å². The van der Waals surface area contributed by atoms with E-state index in [4.69, 9.17) is 4.74 Å². The van der Waals surface area contributed by atoms with E-state index < -0.39 is 22.2 Å². The molecular formula is C18H13FN4O5. The summed E-state index contributed by atoms with van der Waals surface area (Å²) in [4.78, 5) is 35.0. The number of methoxy groups -OCH3 is 1. The summed E-state index contributed by atoms with van der Waals surface area (Å²) < 4.78 is 19.1. The predicted octanol–water partition coefficient (Wildman–Crippen LogP) is 2.54. The molecule has 1 aromatic heterocycles. The minimum atomic E-state index is -0.693. The smallest absolute Gasteiger partial charge is 0.280 e. The molecule has 0 spiro atoms. The maximum absolute atomic E-state index is 13.1. The monoisotopic (exact) mass is 384 g/mol. The fourth-order valence-electron chi connectivity index (χ4n) is 2.38. The zero-order valence-corrected chi connectivity index (χ0v) is 14.5. The molecule has 0 saturated carbocycles. The highest BCUT2D eigenvalue weighted by molar-refractivity contribution is 6.04. The van der Waals surface area contributed by atoms with Crippen molar-refractivity contribution in [3.05, 3.63) is 86.6 Å². The zero-order chi connectivity index (χ0) is 20.3. The fourth-order valence-corrected chi connectivity index (χ4v) is 2.38. The predicted molar refractivity (Wildman–Crippen MR) is 97.4 cm³/mol. The van der Waals surface area contributed by atoms with Gasteiger partial charge >= 0.3 is 0 Å². The van der Waals surface area contributed by atoms with Crippen LogP contribution in [0.4, 0.5) is 15.8 Å². The second kappa shape index (κ2) is 7.66. The number of amides is 1. The Morgan fingerprint density at radius 2 is 1.82 bits per heavy atom. The molecular weight excluding hydrogens is 371 g/mol. The summed E-state index contributed by atoms with van der Waals surface area (Å²) in [5.41, 5.74) is -0.337. The molecule has 0 atom stereocenters. The van der Waals surface area contributed by atoms with Crippen LogP contribution < -0.4 is 15.6 Å². The topological polar surface area (TPSA) is 116 Å². The molecule has 3 aromatic rings. The Hall–Kier alpha value is -4.08. The Balaban J connectivity index is 1.96. The van der Waals surface area contributed by atoms with Crippen LogP contribution in [0.2, 0.25) is 0 Å². The van der Waals surface area contributed by atoms with E-state index in [0.717, 1.165) is 22.9 Å². The molecule has 3 rings (SSSR count). The molecule has 10 heteroatoms. The average molecular weight is 384 g/mol. The third-order valence-electron chi connectivity index (χ3n) is 3.74. The molecule has 0 radical (unpaired) electrons. The van der Waals surface area contributed by atoms with Crippen molar-refractivity contribution in [3.8, 4) is 11.4 Å². The first kappa shape index (κ1) is 18.7. The van der Waals surface area contributed by atoms with Gasteiger partial charge in [0.25, 0.3) is 17.2 Å². The second-order valence-corrected chi connectivity index (χ2v) is 5.55. The Bertz CT molecular complexity index is 1090. The van der Waals surface area contributed by atoms with Gasteiger partial charge in [-0.25, -0.2) is 4.39 Å². The van der Waals surface area contributed by atoms with Gasteiger partial charge in [-0.2, -0.15) is 9.78 Å². The van der Waals surface area contributed by atoms with E-state index in [1.165, 1.54) is 43.5 Å². The summed E-state index contributed by atoms with van der Waals surface area (Å²) >= 11 is 0. The first-order valence-corrected chi connectivity index (χ1v) is 7.89. The van der Waals surface area contributed by atoms with Crippen LogP contribution in [0.3, 0.4) is 0 Å². The molecule has 0 aliphatic heterocycles. The summed E-state index contributed by atoms with van der Waals surface area (Å²) in [5, 5.41) is 17.2. The van der Waals surface area contributed by atoms with Gasteiger partial charge in [0.2, 0.25) is 0 Å². The number of anilines is 1. The highest BCUT2D eigenvalue weighted by Gasteiger charge is 2.18. The van der Waals surface area contributed by atoms with Crippen molar-refractivity contribution < 1.29 is 18.8 Å². The molecule has 1 heterocycles. The first-order chi connectivity index (χ1) is 13.4. The van der Waals surface area contributed by atoms with E-state index >= 15 is 0 Å². The number of hydrogen-bond donors (Lipinski definition) is 1. The van der Waals surface area contributed by atoms with E-state index in [0.29, 0.717) is 5.69 Å². The van der Waals surface area contributed by atoms with Crippen molar-refractivity contribution >= 4 is 17.3 Å². The SMILES string of the molecule is COc1cc(=O)n(-c2ccc(F)cc2)nc1C(=O)Nc1ccc([N+](=O)[O-])cc1. The Labute approximate surface area is 157 Å². The van der Waals surface area contributed by atoms with Gasteiger partial charge in [0, 0.05) is 17.8 Å². The van der Waals surface area contributed by atoms with Gasteiger partial charge in [-0.15, -0.1) is 0 Å². The van der Waals surface area contributed by atoms with Gasteiger partial charge in [0.1, 0.15) is 5.82 Å².